The molecule has 1 atom stereocenters. The van der Waals surface area contributed by atoms with Gasteiger partial charge in [0, 0.05) is 43.6 Å². The van der Waals surface area contributed by atoms with Crippen LogP contribution in [0, 0.1) is 5.92 Å². The van der Waals surface area contributed by atoms with Crippen LogP contribution in [0.2, 0.25) is 0 Å². The number of hydrogen-bond acceptors (Lipinski definition) is 3. The third-order valence-corrected chi connectivity index (χ3v) is 5.60. The van der Waals surface area contributed by atoms with Crippen molar-refractivity contribution in [1.29, 1.82) is 0 Å². The van der Waals surface area contributed by atoms with E-state index in [9.17, 15) is 4.79 Å². The van der Waals surface area contributed by atoms with Crippen molar-refractivity contribution < 1.29 is 4.79 Å². The van der Waals surface area contributed by atoms with E-state index in [0.29, 0.717) is 18.4 Å². The molecule has 0 bridgehead atoms. The molecular weight excluding hydrogens is 268 g/mol. The lowest BCUT2D eigenvalue weighted by Gasteiger charge is -2.31. The van der Waals surface area contributed by atoms with Crippen molar-refractivity contribution in [3.63, 3.8) is 0 Å². The Balaban J connectivity index is 1.80. The highest BCUT2D eigenvalue weighted by Crippen LogP contribution is 2.25. The maximum atomic E-state index is 12.6. The lowest BCUT2D eigenvalue weighted by Crippen LogP contribution is -2.44. The van der Waals surface area contributed by atoms with E-state index in [4.69, 9.17) is 0 Å². The summed E-state index contributed by atoms with van der Waals surface area (Å²) < 4.78 is 0. The van der Waals surface area contributed by atoms with E-state index in [0.717, 1.165) is 37.7 Å². The zero-order valence-corrected chi connectivity index (χ0v) is 13.7. The minimum absolute atomic E-state index is 0.373. The number of carbonyl (C=O) groups excluding carboxylic acids is 1. The van der Waals surface area contributed by atoms with Gasteiger partial charge in [0.2, 0.25) is 5.91 Å². The summed E-state index contributed by atoms with van der Waals surface area (Å²) in [5.41, 5.74) is 0. The van der Waals surface area contributed by atoms with Gasteiger partial charge >= 0.3 is 0 Å². The second-order valence-corrected chi connectivity index (χ2v) is 7.42. The molecule has 0 radical (unpaired) electrons. The van der Waals surface area contributed by atoms with E-state index in [2.05, 4.69) is 17.1 Å². The fraction of sp³-hybridized carbons (Fsp3) is 0.938. The van der Waals surface area contributed by atoms with Gasteiger partial charge in [-0.25, -0.2) is 0 Å². The molecule has 1 unspecified atom stereocenters. The first-order valence-corrected chi connectivity index (χ1v) is 9.54. The Hall–Kier alpha value is -0.220. The lowest BCUT2D eigenvalue weighted by molar-refractivity contribution is -0.132. The monoisotopic (exact) mass is 298 g/mol. The van der Waals surface area contributed by atoms with Crippen molar-refractivity contribution in [3.8, 4) is 0 Å². The first-order chi connectivity index (χ1) is 9.79. The van der Waals surface area contributed by atoms with Crippen LogP contribution in [-0.4, -0.2) is 48.0 Å². The molecule has 0 aromatic carbocycles. The van der Waals surface area contributed by atoms with Crippen LogP contribution in [0.15, 0.2) is 0 Å². The smallest absolute Gasteiger partial charge is 0.224 e. The number of nitrogens with zero attached hydrogens (tertiary/aromatic N) is 1. The van der Waals surface area contributed by atoms with E-state index in [1.165, 1.54) is 37.9 Å². The zero-order chi connectivity index (χ0) is 14.2. The average Bonchev–Trinajstić information content (AvgIpc) is 2.49. The van der Waals surface area contributed by atoms with E-state index < -0.39 is 0 Å². The minimum Gasteiger partial charge on any atom is -0.342 e. The SMILES string of the molecule is CCCN(CC1CCCCC1)C(=O)CC1CSCCN1. The molecule has 0 spiro atoms. The summed E-state index contributed by atoms with van der Waals surface area (Å²) in [6, 6.07) is 0.395. The normalized spacial score (nSPS) is 24.6. The highest BCUT2D eigenvalue weighted by molar-refractivity contribution is 7.99. The van der Waals surface area contributed by atoms with Crippen molar-refractivity contribution in [2.24, 2.45) is 5.92 Å². The number of rotatable bonds is 6. The topological polar surface area (TPSA) is 32.3 Å². The van der Waals surface area contributed by atoms with Crippen molar-refractivity contribution in [2.75, 3.05) is 31.1 Å². The average molecular weight is 298 g/mol. The predicted molar refractivity (Wildman–Crippen MR) is 87.2 cm³/mol. The Morgan fingerprint density at radius 3 is 2.75 bits per heavy atom. The molecule has 2 aliphatic rings. The summed E-state index contributed by atoms with van der Waals surface area (Å²) in [5, 5.41) is 3.48. The maximum absolute atomic E-state index is 12.6. The van der Waals surface area contributed by atoms with Crippen molar-refractivity contribution in [1.82, 2.24) is 10.2 Å². The van der Waals surface area contributed by atoms with Crippen LogP contribution in [0.25, 0.3) is 0 Å². The summed E-state index contributed by atoms with van der Waals surface area (Å²) in [5.74, 6) is 3.41. The largest absolute Gasteiger partial charge is 0.342 e. The van der Waals surface area contributed by atoms with E-state index in [-0.39, 0.29) is 0 Å². The summed E-state index contributed by atoms with van der Waals surface area (Å²) in [4.78, 5) is 14.7. The molecule has 0 aromatic rings. The van der Waals surface area contributed by atoms with Crippen molar-refractivity contribution in [2.45, 2.75) is 57.9 Å². The van der Waals surface area contributed by atoms with Crippen LogP contribution in [-0.2, 0) is 4.79 Å². The van der Waals surface area contributed by atoms with E-state index >= 15 is 0 Å². The fourth-order valence-electron chi connectivity index (χ4n) is 3.36. The van der Waals surface area contributed by atoms with Crippen LogP contribution in [0.5, 0.6) is 0 Å². The molecular formula is C16H30N2OS. The molecule has 116 valence electrons. The summed E-state index contributed by atoms with van der Waals surface area (Å²) >= 11 is 1.97. The highest BCUT2D eigenvalue weighted by atomic mass is 32.2. The molecule has 1 amide bonds. The van der Waals surface area contributed by atoms with Gasteiger partial charge in [-0.1, -0.05) is 26.2 Å². The van der Waals surface area contributed by atoms with Gasteiger partial charge in [0.15, 0.2) is 0 Å². The molecule has 1 aliphatic heterocycles. The first-order valence-electron chi connectivity index (χ1n) is 8.38. The molecule has 1 N–H and O–H groups in total. The van der Waals surface area contributed by atoms with Gasteiger partial charge in [-0.15, -0.1) is 0 Å². The molecule has 1 saturated heterocycles. The minimum atomic E-state index is 0.373. The van der Waals surface area contributed by atoms with Crippen molar-refractivity contribution in [3.05, 3.63) is 0 Å². The first kappa shape index (κ1) is 16.2. The third kappa shape index (κ3) is 5.28. The standard InChI is InChI=1S/C16H30N2OS/c1-2-9-18(12-14-6-4-3-5-7-14)16(19)11-15-13-20-10-8-17-15/h14-15,17H,2-13H2,1H3. The number of nitrogens with one attached hydrogen (secondary N) is 1. The van der Waals surface area contributed by atoms with Crippen LogP contribution in [0.4, 0.5) is 0 Å². The maximum Gasteiger partial charge on any atom is 0.224 e. The molecule has 2 rings (SSSR count). The van der Waals surface area contributed by atoms with Gasteiger partial charge < -0.3 is 10.2 Å². The van der Waals surface area contributed by atoms with Gasteiger partial charge in [-0.2, -0.15) is 11.8 Å². The van der Waals surface area contributed by atoms with E-state index in [1.54, 1.807) is 0 Å². The molecule has 1 saturated carbocycles. The Morgan fingerprint density at radius 1 is 1.30 bits per heavy atom. The number of carbonyl (C=O) groups is 1. The molecule has 1 heterocycles. The molecule has 4 heteroatoms. The third-order valence-electron chi connectivity index (χ3n) is 4.47. The van der Waals surface area contributed by atoms with Gasteiger partial charge in [-0.3, -0.25) is 4.79 Å². The highest BCUT2D eigenvalue weighted by Gasteiger charge is 2.23. The van der Waals surface area contributed by atoms with E-state index in [1.807, 2.05) is 11.8 Å². The zero-order valence-electron chi connectivity index (χ0n) is 12.9. The summed E-state index contributed by atoms with van der Waals surface area (Å²) in [6.07, 6.45) is 8.53. The molecule has 3 nitrogen and oxygen atoms in total. The quantitative estimate of drug-likeness (QED) is 0.818. The predicted octanol–water partition coefficient (Wildman–Crippen LogP) is 2.90. The van der Waals surface area contributed by atoms with Crippen LogP contribution in [0.1, 0.15) is 51.9 Å². The Kier molecular flexibility index (Phi) is 7.22. The molecule has 20 heavy (non-hydrogen) atoms. The van der Waals surface area contributed by atoms with Crippen LogP contribution >= 0.6 is 11.8 Å². The number of amides is 1. The van der Waals surface area contributed by atoms with Crippen LogP contribution < -0.4 is 5.32 Å². The fourth-order valence-corrected chi connectivity index (χ4v) is 4.31. The Bertz CT molecular complexity index is 286. The van der Waals surface area contributed by atoms with Crippen LogP contribution in [0.3, 0.4) is 0 Å². The number of thioether (sulfide) groups is 1. The van der Waals surface area contributed by atoms with Gasteiger partial charge in [0.05, 0.1) is 0 Å². The molecule has 1 aliphatic carbocycles. The second kappa shape index (κ2) is 8.93. The van der Waals surface area contributed by atoms with Crippen molar-refractivity contribution >= 4 is 17.7 Å². The summed E-state index contributed by atoms with van der Waals surface area (Å²) in [7, 11) is 0. The van der Waals surface area contributed by atoms with Gasteiger partial charge in [0.1, 0.15) is 0 Å². The van der Waals surface area contributed by atoms with Gasteiger partial charge in [-0.05, 0) is 25.2 Å². The lowest BCUT2D eigenvalue weighted by atomic mass is 9.89. The van der Waals surface area contributed by atoms with Gasteiger partial charge in [0.25, 0.3) is 0 Å². The Morgan fingerprint density at radius 2 is 2.10 bits per heavy atom. The summed E-state index contributed by atoms with van der Waals surface area (Å²) in [6.45, 7) is 5.18. The molecule has 0 aromatic heterocycles. The number of hydrogen-bond donors (Lipinski definition) is 1. The molecule has 2 fully saturated rings. The second-order valence-electron chi connectivity index (χ2n) is 6.27. The Labute approximate surface area is 128 Å².